The van der Waals surface area contributed by atoms with Crippen molar-refractivity contribution in [2.75, 3.05) is 0 Å². The van der Waals surface area contributed by atoms with Crippen LogP contribution in [-0.2, 0) is 0 Å². The molecule has 0 radical (unpaired) electrons. The van der Waals surface area contributed by atoms with Gasteiger partial charge in [-0.25, -0.2) is 0 Å². The summed E-state index contributed by atoms with van der Waals surface area (Å²) in [6.45, 7) is 21.9. The van der Waals surface area contributed by atoms with Crippen LogP contribution in [0.25, 0.3) is 0 Å². The maximum atomic E-state index is 3.87. The topological polar surface area (TPSA) is 0 Å². The molecule has 0 fully saturated rings. The van der Waals surface area contributed by atoms with E-state index in [1.165, 1.54) is 27.9 Å². The van der Waals surface area contributed by atoms with E-state index in [9.17, 15) is 0 Å². The SMILES string of the molecule is C=CC.C=CC(/C(C)=C/C)=C(/C)C(C)=C(C)C. The van der Waals surface area contributed by atoms with Crippen molar-refractivity contribution < 1.29 is 0 Å². The first kappa shape index (κ1) is 18.1. The van der Waals surface area contributed by atoms with Crippen molar-refractivity contribution >= 4 is 0 Å². The van der Waals surface area contributed by atoms with Crippen molar-refractivity contribution in [2.45, 2.75) is 48.5 Å². The van der Waals surface area contributed by atoms with Gasteiger partial charge >= 0.3 is 0 Å². The zero-order chi connectivity index (χ0) is 14.0. The second kappa shape index (κ2) is 9.89. The molecule has 0 rings (SSSR count). The lowest BCUT2D eigenvalue weighted by Crippen LogP contribution is -1.91. The van der Waals surface area contributed by atoms with E-state index >= 15 is 0 Å². The molecule has 0 aliphatic carbocycles. The quantitative estimate of drug-likeness (QED) is 0.413. The highest BCUT2D eigenvalue weighted by molar-refractivity contribution is 5.48. The van der Waals surface area contributed by atoms with E-state index in [1.54, 1.807) is 6.08 Å². The minimum atomic E-state index is 1.26. The fraction of sp³-hybridized carbons (Fsp3) is 0.412. The first-order chi connectivity index (χ1) is 7.87. The van der Waals surface area contributed by atoms with E-state index in [2.05, 4.69) is 60.8 Å². The summed E-state index contributed by atoms with van der Waals surface area (Å²) in [6, 6.07) is 0. The lowest BCUT2D eigenvalue weighted by atomic mass is 9.95. The summed E-state index contributed by atoms with van der Waals surface area (Å²) in [5, 5.41) is 0. The van der Waals surface area contributed by atoms with Crippen LogP contribution in [0, 0.1) is 0 Å². The molecule has 0 aliphatic rings. The monoisotopic (exact) mass is 232 g/mol. The van der Waals surface area contributed by atoms with E-state index in [0.29, 0.717) is 0 Å². The highest BCUT2D eigenvalue weighted by Gasteiger charge is 2.03. The van der Waals surface area contributed by atoms with E-state index in [1.807, 2.05) is 13.0 Å². The van der Waals surface area contributed by atoms with Crippen molar-refractivity contribution in [3.8, 4) is 0 Å². The molecule has 0 bridgehead atoms. The summed E-state index contributed by atoms with van der Waals surface area (Å²) in [5.74, 6) is 0. The van der Waals surface area contributed by atoms with Crippen molar-refractivity contribution in [1.29, 1.82) is 0 Å². The summed E-state index contributed by atoms with van der Waals surface area (Å²) in [4.78, 5) is 0. The van der Waals surface area contributed by atoms with Gasteiger partial charge in [-0.05, 0) is 70.8 Å². The molecule has 17 heavy (non-hydrogen) atoms. The van der Waals surface area contributed by atoms with Crippen molar-refractivity contribution in [2.24, 2.45) is 0 Å². The molecule has 0 atom stereocenters. The normalized spacial score (nSPS) is 11.8. The Labute approximate surface area is 108 Å². The molecule has 0 saturated heterocycles. The van der Waals surface area contributed by atoms with E-state index in [-0.39, 0.29) is 0 Å². The maximum absolute atomic E-state index is 3.87. The molecule has 0 heterocycles. The number of hydrogen-bond donors (Lipinski definition) is 0. The second-order valence-electron chi connectivity index (χ2n) is 4.25. The largest absolute Gasteiger partial charge is 0.103 e. The van der Waals surface area contributed by atoms with Gasteiger partial charge in [0.05, 0.1) is 0 Å². The summed E-state index contributed by atoms with van der Waals surface area (Å²) < 4.78 is 0. The van der Waals surface area contributed by atoms with Crippen molar-refractivity contribution in [1.82, 2.24) is 0 Å². The molecule has 0 aromatic heterocycles. The first-order valence-electron chi connectivity index (χ1n) is 6.05. The second-order valence-corrected chi connectivity index (χ2v) is 4.25. The molecule has 0 aliphatic heterocycles. The predicted molar refractivity (Wildman–Crippen MR) is 82.2 cm³/mol. The van der Waals surface area contributed by atoms with E-state index < -0.39 is 0 Å². The Morgan fingerprint density at radius 2 is 1.24 bits per heavy atom. The Bertz CT molecular complexity index is 342. The molecule has 0 saturated carbocycles. The molecule has 0 nitrogen and oxygen atoms in total. The Hall–Kier alpha value is -1.30. The van der Waals surface area contributed by atoms with E-state index in [4.69, 9.17) is 0 Å². The zero-order valence-corrected chi connectivity index (χ0v) is 12.6. The Balaban J connectivity index is 0. The molecular weight excluding hydrogens is 204 g/mol. The van der Waals surface area contributed by atoms with Crippen LogP contribution in [0.4, 0.5) is 0 Å². The fourth-order valence-corrected chi connectivity index (χ4v) is 1.34. The van der Waals surface area contributed by atoms with Gasteiger partial charge < -0.3 is 0 Å². The molecule has 96 valence electrons. The number of hydrogen-bond acceptors (Lipinski definition) is 0. The Morgan fingerprint density at radius 3 is 1.47 bits per heavy atom. The van der Waals surface area contributed by atoms with Gasteiger partial charge in [0.1, 0.15) is 0 Å². The number of rotatable bonds is 3. The van der Waals surface area contributed by atoms with Crippen LogP contribution in [0.1, 0.15) is 48.5 Å². The van der Waals surface area contributed by atoms with Crippen LogP contribution in [0.3, 0.4) is 0 Å². The van der Waals surface area contributed by atoms with Gasteiger partial charge in [0.2, 0.25) is 0 Å². The molecule has 0 aromatic carbocycles. The average molecular weight is 232 g/mol. The minimum absolute atomic E-state index is 1.26. The van der Waals surface area contributed by atoms with Gasteiger partial charge in [0.15, 0.2) is 0 Å². The first-order valence-corrected chi connectivity index (χ1v) is 6.05. The van der Waals surface area contributed by atoms with E-state index in [0.717, 1.165) is 0 Å². The van der Waals surface area contributed by atoms with Crippen LogP contribution >= 0.6 is 0 Å². The molecule has 0 spiro atoms. The molecule has 0 amide bonds. The Kier molecular flexibility index (Phi) is 10.5. The van der Waals surface area contributed by atoms with Gasteiger partial charge in [0.25, 0.3) is 0 Å². The molecule has 0 heteroatoms. The van der Waals surface area contributed by atoms with Crippen LogP contribution in [0.5, 0.6) is 0 Å². The zero-order valence-electron chi connectivity index (χ0n) is 12.6. The standard InChI is InChI=1S/C14H22.C3H6/c1-8-11(5)14(9-2)13(7)12(6)10(3)4;1-3-2/h8-9H,2H2,1,3-7H3;3H,1H2,2H3/b11-8+,14-13+;. The number of allylic oxidation sites excluding steroid dienone is 8. The third-order valence-electron chi connectivity index (χ3n) is 2.78. The van der Waals surface area contributed by atoms with Gasteiger partial charge in [0, 0.05) is 0 Å². The van der Waals surface area contributed by atoms with Crippen LogP contribution in [0.2, 0.25) is 0 Å². The van der Waals surface area contributed by atoms with Crippen molar-refractivity contribution in [3.05, 3.63) is 59.3 Å². The van der Waals surface area contributed by atoms with Gasteiger partial charge in [-0.2, -0.15) is 0 Å². The lowest BCUT2D eigenvalue weighted by molar-refractivity contribution is 1.19. The fourth-order valence-electron chi connectivity index (χ4n) is 1.34. The summed E-state index contributed by atoms with van der Waals surface area (Å²) in [5.41, 5.74) is 6.60. The van der Waals surface area contributed by atoms with Crippen molar-refractivity contribution in [3.63, 3.8) is 0 Å². The molecular formula is C17H28. The lowest BCUT2D eigenvalue weighted by Gasteiger charge is -2.11. The van der Waals surface area contributed by atoms with Crippen LogP contribution in [-0.4, -0.2) is 0 Å². The minimum Gasteiger partial charge on any atom is -0.103 e. The van der Waals surface area contributed by atoms with Gasteiger partial charge in [-0.3, -0.25) is 0 Å². The summed E-state index contributed by atoms with van der Waals surface area (Å²) >= 11 is 0. The van der Waals surface area contributed by atoms with Crippen LogP contribution in [0.15, 0.2) is 59.3 Å². The van der Waals surface area contributed by atoms with Gasteiger partial charge in [-0.1, -0.05) is 30.4 Å². The third kappa shape index (κ3) is 6.78. The molecule has 0 aromatic rings. The van der Waals surface area contributed by atoms with Crippen LogP contribution < -0.4 is 0 Å². The van der Waals surface area contributed by atoms with Gasteiger partial charge in [-0.15, -0.1) is 6.58 Å². The predicted octanol–water partition coefficient (Wildman–Crippen LogP) is 6.00. The summed E-state index contributed by atoms with van der Waals surface area (Å²) in [6.07, 6.45) is 5.82. The highest BCUT2D eigenvalue weighted by Crippen LogP contribution is 2.23. The maximum Gasteiger partial charge on any atom is -0.0205 e. The third-order valence-corrected chi connectivity index (χ3v) is 2.78. The smallest absolute Gasteiger partial charge is 0.0205 e. The molecule has 0 N–H and O–H groups in total. The Morgan fingerprint density at radius 1 is 0.824 bits per heavy atom. The average Bonchev–Trinajstić information content (AvgIpc) is 2.29. The highest BCUT2D eigenvalue weighted by atomic mass is 14.1. The summed E-state index contributed by atoms with van der Waals surface area (Å²) in [7, 11) is 0. The molecule has 0 unspecified atom stereocenters.